The van der Waals surface area contributed by atoms with Crippen molar-refractivity contribution in [1.29, 1.82) is 0 Å². The van der Waals surface area contributed by atoms with Crippen molar-refractivity contribution in [2.75, 3.05) is 33.0 Å². The van der Waals surface area contributed by atoms with Crippen molar-refractivity contribution in [1.82, 2.24) is 18.1 Å². The van der Waals surface area contributed by atoms with Gasteiger partial charge in [-0.2, -0.15) is 4.98 Å². The van der Waals surface area contributed by atoms with Crippen LogP contribution in [0.15, 0.2) is 35.3 Å². The lowest BCUT2D eigenvalue weighted by atomic mass is 10.1. The van der Waals surface area contributed by atoms with Gasteiger partial charge in [0.1, 0.15) is 10.7 Å². The van der Waals surface area contributed by atoms with Gasteiger partial charge in [0, 0.05) is 67.0 Å². The molecule has 0 radical (unpaired) electrons. The minimum Gasteiger partial charge on any atom is -0.339 e. The number of carbonyl (C=O) groups is 1. The fourth-order valence-electron chi connectivity index (χ4n) is 3.25. The molecule has 0 unspecified atom stereocenters. The number of nitrogens with one attached hydrogen (secondary N) is 2. The zero-order chi connectivity index (χ0) is 22.1. The van der Waals surface area contributed by atoms with Gasteiger partial charge in [-0.05, 0) is 24.3 Å². The van der Waals surface area contributed by atoms with E-state index in [1.54, 1.807) is 23.9 Å². The number of rotatable bonds is 7. The molecule has 1 aliphatic rings. The van der Waals surface area contributed by atoms with Gasteiger partial charge < -0.3 is 14.8 Å². The van der Waals surface area contributed by atoms with Gasteiger partial charge in [0.15, 0.2) is 5.82 Å². The molecule has 0 atom stereocenters. The van der Waals surface area contributed by atoms with E-state index >= 15 is 0 Å². The summed E-state index contributed by atoms with van der Waals surface area (Å²) in [5, 5.41) is 4.46. The van der Waals surface area contributed by atoms with E-state index < -0.39 is 0 Å². The zero-order valence-corrected chi connectivity index (χ0v) is 21.5. The maximum absolute atomic E-state index is 12.7. The fraction of sp³-hybridized carbons (Fsp3) is 0.263. The summed E-state index contributed by atoms with van der Waals surface area (Å²) in [5.41, 5.74) is 1.74. The molecule has 31 heavy (non-hydrogen) atoms. The van der Waals surface area contributed by atoms with E-state index in [-0.39, 0.29) is 11.5 Å². The first kappa shape index (κ1) is 22.5. The van der Waals surface area contributed by atoms with Crippen molar-refractivity contribution < 1.29 is 4.79 Å². The molecule has 1 aromatic carbocycles. The molecule has 1 amide bonds. The molecule has 0 bridgehead atoms. The first-order chi connectivity index (χ1) is 14.9. The predicted molar refractivity (Wildman–Crippen MR) is 140 cm³/mol. The van der Waals surface area contributed by atoms with E-state index in [4.69, 9.17) is 11.6 Å². The first-order valence-corrected chi connectivity index (χ1v) is 11.8. The van der Waals surface area contributed by atoms with E-state index in [0.717, 1.165) is 29.7 Å². The van der Waals surface area contributed by atoms with Crippen molar-refractivity contribution >= 4 is 97.3 Å². The van der Waals surface area contributed by atoms with E-state index in [9.17, 15) is 9.59 Å². The molecule has 0 spiro atoms. The van der Waals surface area contributed by atoms with Gasteiger partial charge in [-0.3, -0.25) is 16.2 Å². The van der Waals surface area contributed by atoms with Crippen molar-refractivity contribution in [3.8, 4) is 0 Å². The van der Waals surface area contributed by atoms with Crippen LogP contribution in [0.3, 0.4) is 0 Å². The molecule has 4 rings (SSSR count). The lowest BCUT2D eigenvalue weighted by molar-refractivity contribution is -0.122. The highest BCUT2D eigenvalue weighted by Crippen LogP contribution is 2.29. The van der Waals surface area contributed by atoms with Gasteiger partial charge in [-0.25, -0.2) is 4.98 Å². The molecule has 2 aromatic heterocycles. The van der Waals surface area contributed by atoms with Crippen LogP contribution >= 0.6 is 57.3 Å². The van der Waals surface area contributed by atoms with Gasteiger partial charge in [-0.15, -0.1) is 0 Å². The molecule has 12 heteroatoms. The number of pyridine rings is 1. The Morgan fingerprint density at radius 1 is 1.29 bits per heavy atom. The van der Waals surface area contributed by atoms with Gasteiger partial charge in [-0.1, -0.05) is 11.6 Å². The highest BCUT2D eigenvalue weighted by atomic mass is 127. The molecule has 162 valence electrons. The molecule has 1 saturated heterocycles. The van der Waals surface area contributed by atoms with Crippen LogP contribution in [0, 0.1) is 0 Å². The third kappa shape index (κ3) is 4.59. The standard InChI is InChI=1S/C19H18ClI2N7O2/c1-27-14-3-2-12(8-11(14)9-15(18(27)31)28-6-4-16(28)30)25-17-13(20)10-23-19(26-17)29(22)7-5-24-21/h2-3,8-10,24H,4-7H2,1H3,(H,23,25,26). The Morgan fingerprint density at radius 3 is 2.77 bits per heavy atom. The second-order valence-electron chi connectivity index (χ2n) is 6.92. The van der Waals surface area contributed by atoms with Crippen LogP contribution in [0.4, 0.5) is 23.1 Å². The summed E-state index contributed by atoms with van der Waals surface area (Å²) >= 11 is 10.6. The van der Waals surface area contributed by atoms with Crippen LogP contribution in [0.5, 0.6) is 0 Å². The second kappa shape index (κ2) is 9.42. The van der Waals surface area contributed by atoms with Crippen molar-refractivity contribution in [2.45, 2.75) is 6.42 Å². The van der Waals surface area contributed by atoms with Crippen LogP contribution in [-0.4, -0.2) is 40.1 Å². The Bertz CT molecular complexity index is 1220. The molecule has 1 fully saturated rings. The quantitative estimate of drug-likeness (QED) is 0.227. The number of β-lactam (4-membered cyclic amide) rings is 1. The van der Waals surface area contributed by atoms with Gasteiger partial charge in [0.25, 0.3) is 5.56 Å². The monoisotopic (exact) mass is 665 g/mol. The molecule has 0 saturated carbocycles. The number of hydrogen-bond acceptors (Lipinski definition) is 7. The summed E-state index contributed by atoms with van der Waals surface area (Å²) in [4.78, 5) is 34.9. The highest BCUT2D eigenvalue weighted by molar-refractivity contribution is 14.1. The SMILES string of the molecule is Cn1c(=O)c(N2CCC2=O)cc2cc(Nc3nc(N(I)CCNI)ncc3Cl)ccc21. The minimum absolute atomic E-state index is 0.0350. The smallest absolute Gasteiger partial charge is 0.274 e. The molecule has 9 nitrogen and oxygen atoms in total. The molecular formula is C19H18ClI2N7O2. The summed E-state index contributed by atoms with van der Waals surface area (Å²) in [6, 6.07) is 7.38. The highest BCUT2D eigenvalue weighted by Gasteiger charge is 2.28. The largest absolute Gasteiger partial charge is 0.339 e. The van der Waals surface area contributed by atoms with E-state index in [2.05, 4.69) is 64.5 Å². The maximum Gasteiger partial charge on any atom is 0.274 e. The minimum atomic E-state index is -0.187. The molecule has 3 aromatic rings. The molecular weight excluding hydrogens is 648 g/mol. The number of hydrogen-bond donors (Lipinski definition) is 2. The number of carbonyl (C=O) groups excluding carboxylic acids is 1. The Morgan fingerprint density at radius 2 is 2.10 bits per heavy atom. The number of aryl methyl sites for hydroxylation is 1. The average Bonchev–Trinajstić information content (AvgIpc) is 2.75. The number of halogens is 3. The number of aromatic nitrogens is 3. The summed E-state index contributed by atoms with van der Waals surface area (Å²) in [7, 11) is 1.71. The molecule has 0 aliphatic carbocycles. The van der Waals surface area contributed by atoms with Gasteiger partial charge in [0.05, 0.1) is 34.6 Å². The van der Waals surface area contributed by atoms with Crippen LogP contribution < -0.4 is 22.4 Å². The first-order valence-electron chi connectivity index (χ1n) is 9.39. The second-order valence-corrected chi connectivity index (χ2v) is 9.26. The van der Waals surface area contributed by atoms with Crippen molar-refractivity contribution in [3.05, 3.63) is 45.8 Å². The summed E-state index contributed by atoms with van der Waals surface area (Å²) < 4.78 is 6.52. The lowest BCUT2D eigenvalue weighted by Gasteiger charge is -2.30. The van der Waals surface area contributed by atoms with Crippen LogP contribution in [0.1, 0.15) is 6.42 Å². The fourth-order valence-corrected chi connectivity index (χ4v) is 4.10. The summed E-state index contributed by atoms with van der Waals surface area (Å²) in [6.45, 7) is 2.08. The Hall–Kier alpha value is -1.71. The summed E-state index contributed by atoms with van der Waals surface area (Å²) in [6.07, 6.45) is 2.03. The lowest BCUT2D eigenvalue weighted by Crippen LogP contribution is -2.46. The zero-order valence-electron chi connectivity index (χ0n) is 16.4. The Labute approximate surface area is 211 Å². The number of fused-ring (bicyclic) bond motifs is 1. The van der Waals surface area contributed by atoms with E-state index in [0.29, 0.717) is 35.4 Å². The normalized spacial score (nSPS) is 13.4. The molecule has 3 heterocycles. The molecule has 1 aliphatic heterocycles. The number of nitrogens with zero attached hydrogens (tertiary/aromatic N) is 5. The number of anilines is 4. The van der Waals surface area contributed by atoms with E-state index in [1.165, 1.54) is 4.90 Å². The Balaban J connectivity index is 1.67. The maximum atomic E-state index is 12.7. The third-order valence-electron chi connectivity index (χ3n) is 4.96. The van der Waals surface area contributed by atoms with Crippen LogP contribution in [0.2, 0.25) is 5.02 Å². The van der Waals surface area contributed by atoms with Crippen LogP contribution in [-0.2, 0) is 11.8 Å². The predicted octanol–water partition coefficient (Wildman–Crippen LogP) is 3.56. The third-order valence-corrected chi connectivity index (χ3v) is 6.69. The number of benzene rings is 1. The van der Waals surface area contributed by atoms with Crippen molar-refractivity contribution in [2.24, 2.45) is 7.05 Å². The topological polar surface area (TPSA) is 95.4 Å². The van der Waals surface area contributed by atoms with Gasteiger partial charge >= 0.3 is 0 Å². The van der Waals surface area contributed by atoms with Crippen molar-refractivity contribution in [3.63, 3.8) is 0 Å². The number of amides is 1. The molecule has 2 N–H and O–H groups in total. The summed E-state index contributed by atoms with van der Waals surface area (Å²) in [5.74, 6) is 0.992. The van der Waals surface area contributed by atoms with E-state index in [1.807, 2.05) is 21.3 Å². The van der Waals surface area contributed by atoms with Crippen LogP contribution in [0.25, 0.3) is 10.9 Å². The Kier molecular flexibility index (Phi) is 6.83. The average molecular weight is 666 g/mol. The van der Waals surface area contributed by atoms with Gasteiger partial charge in [0.2, 0.25) is 11.9 Å².